The monoisotopic (exact) mass is 289 g/mol. The van der Waals surface area contributed by atoms with Crippen LogP contribution in [0.25, 0.3) is 0 Å². The smallest absolute Gasteiger partial charge is 0.264 e. The molecule has 114 valence electrons. The van der Waals surface area contributed by atoms with E-state index in [9.17, 15) is 0 Å². The highest BCUT2D eigenvalue weighted by molar-refractivity contribution is 5.33. The molecular formula is C16H23N3O2. The van der Waals surface area contributed by atoms with Gasteiger partial charge in [0.05, 0.1) is 0 Å². The Labute approximate surface area is 125 Å². The molecule has 0 bridgehead atoms. The molecule has 0 fully saturated rings. The second-order valence-electron chi connectivity index (χ2n) is 5.27. The van der Waals surface area contributed by atoms with Crippen molar-refractivity contribution in [1.29, 1.82) is 0 Å². The van der Waals surface area contributed by atoms with Crippen LogP contribution in [0.5, 0.6) is 5.75 Å². The van der Waals surface area contributed by atoms with E-state index in [1.165, 1.54) is 0 Å². The molecular weight excluding hydrogens is 266 g/mol. The van der Waals surface area contributed by atoms with Crippen molar-refractivity contribution in [3.63, 3.8) is 0 Å². The Hall–Kier alpha value is -1.88. The maximum absolute atomic E-state index is 5.81. The number of aromatic nitrogens is 2. The Morgan fingerprint density at radius 3 is 2.81 bits per heavy atom. The largest absolute Gasteiger partial charge is 0.483 e. The van der Waals surface area contributed by atoms with Gasteiger partial charge in [-0.15, -0.1) is 0 Å². The van der Waals surface area contributed by atoms with E-state index in [2.05, 4.69) is 28.4 Å². The Bertz CT molecular complexity index is 552. The molecule has 0 saturated carbocycles. The van der Waals surface area contributed by atoms with Crippen molar-refractivity contribution < 1.29 is 9.26 Å². The van der Waals surface area contributed by atoms with Crippen molar-refractivity contribution in [2.45, 2.75) is 46.3 Å². The van der Waals surface area contributed by atoms with Crippen LogP contribution >= 0.6 is 0 Å². The first kappa shape index (κ1) is 15.5. The summed E-state index contributed by atoms with van der Waals surface area (Å²) in [5, 5.41) is 7.31. The Morgan fingerprint density at radius 2 is 2.10 bits per heavy atom. The lowest BCUT2D eigenvalue weighted by Gasteiger charge is -2.10. The van der Waals surface area contributed by atoms with Crippen molar-refractivity contribution in [3.05, 3.63) is 41.5 Å². The summed E-state index contributed by atoms with van der Waals surface area (Å²) in [6.45, 7) is 8.30. The number of ether oxygens (including phenoxy) is 1. The number of benzene rings is 1. The van der Waals surface area contributed by atoms with Crippen LogP contribution in [0.1, 0.15) is 50.4 Å². The predicted molar refractivity (Wildman–Crippen MR) is 81.2 cm³/mol. The van der Waals surface area contributed by atoms with E-state index in [-0.39, 0.29) is 5.92 Å². The normalized spacial score (nSPS) is 11.0. The fourth-order valence-electron chi connectivity index (χ4n) is 1.89. The molecule has 1 aromatic carbocycles. The molecule has 5 nitrogen and oxygen atoms in total. The maximum atomic E-state index is 5.81. The molecule has 2 rings (SSSR count). The van der Waals surface area contributed by atoms with Gasteiger partial charge >= 0.3 is 0 Å². The Morgan fingerprint density at radius 1 is 1.29 bits per heavy atom. The lowest BCUT2D eigenvalue weighted by molar-refractivity contribution is 0.240. The first-order chi connectivity index (χ1) is 10.2. The first-order valence-corrected chi connectivity index (χ1v) is 7.44. The number of hydrogen-bond acceptors (Lipinski definition) is 5. The minimum atomic E-state index is 0.257. The summed E-state index contributed by atoms with van der Waals surface area (Å²) >= 11 is 0. The summed E-state index contributed by atoms with van der Waals surface area (Å²) in [4.78, 5) is 4.31. The molecule has 0 spiro atoms. The summed E-state index contributed by atoms with van der Waals surface area (Å²) in [5.41, 5.74) is 1.13. The quantitative estimate of drug-likeness (QED) is 0.756. The van der Waals surface area contributed by atoms with E-state index < -0.39 is 0 Å². The predicted octanol–water partition coefficient (Wildman–Crippen LogP) is 3.27. The summed E-state index contributed by atoms with van der Waals surface area (Å²) in [6.07, 6.45) is 1.11. The summed E-state index contributed by atoms with van der Waals surface area (Å²) in [6, 6.07) is 8.00. The minimum Gasteiger partial charge on any atom is -0.483 e. The molecule has 0 amide bonds. The molecule has 0 saturated heterocycles. The first-order valence-electron chi connectivity index (χ1n) is 7.44. The highest BCUT2D eigenvalue weighted by Gasteiger charge is 2.11. The van der Waals surface area contributed by atoms with Gasteiger partial charge in [0.15, 0.2) is 12.4 Å². The highest BCUT2D eigenvalue weighted by Crippen LogP contribution is 2.19. The van der Waals surface area contributed by atoms with Crippen LogP contribution in [-0.2, 0) is 13.2 Å². The zero-order valence-corrected chi connectivity index (χ0v) is 12.9. The molecule has 0 aliphatic carbocycles. The van der Waals surface area contributed by atoms with Crippen LogP contribution in [0.15, 0.2) is 28.8 Å². The highest BCUT2D eigenvalue weighted by atomic mass is 16.5. The molecule has 2 aromatic rings. The van der Waals surface area contributed by atoms with Gasteiger partial charge in [-0.05, 0) is 19.0 Å². The fourth-order valence-corrected chi connectivity index (χ4v) is 1.89. The van der Waals surface area contributed by atoms with E-state index in [4.69, 9.17) is 9.26 Å². The van der Waals surface area contributed by atoms with E-state index in [0.717, 1.165) is 30.8 Å². The average molecular weight is 289 g/mol. The lowest BCUT2D eigenvalue weighted by Crippen LogP contribution is -2.14. The molecule has 0 aliphatic heterocycles. The lowest BCUT2D eigenvalue weighted by atomic mass is 10.2. The summed E-state index contributed by atoms with van der Waals surface area (Å²) in [7, 11) is 0. The van der Waals surface area contributed by atoms with Gasteiger partial charge in [0.1, 0.15) is 5.75 Å². The number of para-hydroxylation sites is 1. The van der Waals surface area contributed by atoms with Gasteiger partial charge in [-0.3, -0.25) is 0 Å². The van der Waals surface area contributed by atoms with Gasteiger partial charge in [-0.1, -0.05) is 44.1 Å². The van der Waals surface area contributed by atoms with Gasteiger partial charge in [-0.25, -0.2) is 0 Å². The molecule has 21 heavy (non-hydrogen) atoms. The third kappa shape index (κ3) is 4.56. The van der Waals surface area contributed by atoms with Crippen LogP contribution in [0, 0.1) is 0 Å². The fraction of sp³-hybridized carbons (Fsp3) is 0.500. The van der Waals surface area contributed by atoms with Crippen LogP contribution in [-0.4, -0.2) is 16.7 Å². The van der Waals surface area contributed by atoms with Gasteiger partial charge in [0, 0.05) is 18.0 Å². The van der Waals surface area contributed by atoms with Crippen LogP contribution in [0.4, 0.5) is 0 Å². The second kappa shape index (κ2) is 7.78. The zero-order chi connectivity index (χ0) is 15.1. The van der Waals surface area contributed by atoms with Gasteiger partial charge in [0.2, 0.25) is 0 Å². The van der Waals surface area contributed by atoms with Crippen LogP contribution in [0.2, 0.25) is 0 Å². The third-order valence-electron chi connectivity index (χ3n) is 3.07. The second-order valence-corrected chi connectivity index (χ2v) is 5.27. The number of hydrogen-bond donors (Lipinski definition) is 1. The van der Waals surface area contributed by atoms with E-state index in [0.29, 0.717) is 18.3 Å². The van der Waals surface area contributed by atoms with Crippen molar-refractivity contribution >= 4 is 0 Å². The SMILES string of the molecule is CCCNCc1ccccc1OCc1nc(C(C)C)no1. The minimum absolute atomic E-state index is 0.257. The van der Waals surface area contributed by atoms with Crippen molar-refractivity contribution in [2.75, 3.05) is 6.54 Å². The number of rotatable bonds is 8. The molecule has 0 atom stereocenters. The van der Waals surface area contributed by atoms with Gasteiger partial charge < -0.3 is 14.6 Å². The van der Waals surface area contributed by atoms with Crippen LogP contribution < -0.4 is 10.1 Å². The average Bonchev–Trinajstić information content (AvgIpc) is 2.96. The molecule has 0 unspecified atom stereocenters. The van der Waals surface area contributed by atoms with Crippen molar-refractivity contribution in [1.82, 2.24) is 15.5 Å². The molecule has 1 aromatic heterocycles. The van der Waals surface area contributed by atoms with E-state index in [1.54, 1.807) is 0 Å². The van der Waals surface area contributed by atoms with Gasteiger partial charge in [-0.2, -0.15) is 4.98 Å². The molecule has 0 radical (unpaired) electrons. The molecule has 5 heteroatoms. The summed E-state index contributed by atoms with van der Waals surface area (Å²) in [5.74, 6) is 2.33. The van der Waals surface area contributed by atoms with Crippen molar-refractivity contribution in [2.24, 2.45) is 0 Å². The zero-order valence-electron chi connectivity index (χ0n) is 12.9. The van der Waals surface area contributed by atoms with Gasteiger partial charge in [0.25, 0.3) is 5.89 Å². The third-order valence-corrected chi connectivity index (χ3v) is 3.07. The molecule has 0 aliphatic rings. The molecule has 1 N–H and O–H groups in total. The van der Waals surface area contributed by atoms with E-state index >= 15 is 0 Å². The maximum Gasteiger partial charge on any atom is 0.264 e. The number of nitrogens with one attached hydrogen (secondary N) is 1. The Kier molecular flexibility index (Phi) is 5.75. The Balaban J connectivity index is 1.95. The summed E-state index contributed by atoms with van der Waals surface area (Å²) < 4.78 is 11.0. The standard InChI is InChI=1S/C16H23N3O2/c1-4-9-17-10-13-7-5-6-8-14(13)20-11-15-18-16(12(2)3)19-21-15/h5-8,12,17H,4,9-11H2,1-3H3. The molecule has 1 heterocycles. The van der Waals surface area contributed by atoms with Crippen LogP contribution in [0.3, 0.4) is 0 Å². The number of nitrogens with zero attached hydrogens (tertiary/aromatic N) is 2. The topological polar surface area (TPSA) is 60.2 Å². The van der Waals surface area contributed by atoms with Crippen molar-refractivity contribution in [3.8, 4) is 5.75 Å². The van der Waals surface area contributed by atoms with E-state index in [1.807, 2.05) is 32.0 Å².